The molecular formula is C15H15ClN2O3S. The van der Waals surface area contributed by atoms with Crippen molar-refractivity contribution in [2.24, 2.45) is 0 Å². The third kappa shape index (κ3) is 4.05. The lowest BCUT2D eigenvalue weighted by Gasteiger charge is -2.15. The van der Waals surface area contributed by atoms with Gasteiger partial charge in [-0.05, 0) is 30.5 Å². The molecule has 0 bridgehead atoms. The lowest BCUT2D eigenvalue weighted by molar-refractivity contribution is -0.116. The van der Waals surface area contributed by atoms with Crippen LogP contribution in [0.25, 0.3) is 0 Å². The Morgan fingerprint density at radius 1 is 1.27 bits per heavy atom. The Morgan fingerprint density at radius 3 is 2.64 bits per heavy atom. The second kappa shape index (κ2) is 7.38. The van der Waals surface area contributed by atoms with E-state index in [0.29, 0.717) is 15.8 Å². The molecule has 2 rings (SSSR count). The van der Waals surface area contributed by atoms with E-state index in [1.807, 2.05) is 6.26 Å². The lowest BCUT2D eigenvalue weighted by Crippen LogP contribution is -2.34. The van der Waals surface area contributed by atoms with Gasteiger partial charge in [0.25, 0.3) is 5.91 Å². The minimum atomic E-state index is -0.352. The number of nitrogens with zero attached hydrogens (tertiary/aromatic N) is 1. The fourth-order valence-corrected chi connectivity index (χ4v) is 2.33. The van der Waals surface area contributed by atoms with Crippen LogP contribution in [0.3, 0.4) is 0 Å². The third-order valence-corrected chi connectivity index (χ3v) is 3.82. The summed E-state index contributed by atoms with van der Waals surface area (Å²) in [5, 5.41) is 3.76. The number of likely N-dealkylation sites (N-methyl/N-ethyl adjacent to an activating group) is 1. The third-order valence-electron chi connectivity index (χ3n) is 2.87. The summed E-state index contributed by atoms with van der Waals surface area (Å²) < 4.78 is 5.35. The van der Waals surface area contributed by atoms with Gasteiger partial charge >= 0.3 is 0 Å². The van der Waals surface area contributed by atoms with Crippen LogP contribution >= 0.6 is 23.4 Å². The van der Waals surface area contributed by atoms with Gasteiger partial charge in [-0.1, -0.05) is 35.5 Å². The molecule has 0 spiro atoms. The molecule has 116 valence electrons. The number of benzene rings is 1. The molecular weight excluding hydrogens is 324 g/mol. The molecule has 0 aliphatic heterocycles. The maximum Gasteiger partial charge on any atom is 0.289 e. The van der Waals surface area contributed by atoms with Gasteiger partial charge < -0.3 is 14.6 Å². The van der Waals surface area contributed by atoms with Crippen LogP contribution in [-0.2, 0) is 4.79 Å². The van der Waals surface area contributed by atoms with Crippen LogP contribution in [0.15, 0.2) is 45.9 Å². The number of hydrogen-bond acceptors (Lipinski definition) is 4. The van der Waals surface area contributed by atoms with Gasteiger partial charge in [0.05, 0.1) is 17.3 Å². The van der Waals surface area contributed by atoms with Gasteiger partial charge in [0.1, 0.15) is 0 Å². The summed E-state index contributed by atoms with van der Waals surface area (Å²) in [6.07, 6.45) is 1.86. The number of anilines is 1. The number of amides is 2. The Kier molecular flexibility index (Phi) is 5.51. The van der Waals surface area contributed by atoms with Crippen molar-refractivity contribution in [2.45, 2.75) is 5.09 Å². The van der Waals surface area contributed by atoms with Gasteiger partial charge in [0.2, 0.25) is 5.91 Å². The molecule has 0 radical (unpaired) electrons. The highest BCUT2D eigenvalue weighted by Crippen LogP contribution is 2.21. The van der Waals surface area contributed by atoms with Crippen molar-refractivity contribution in [1.29, 1.82) is 0 Å². The van der Waals surface area contributed by atoms with Crippen LogP contribution in [0.1, 0.15) is 10.6 Å². The molecule has 0 saturated heterocycles. The number of thioether (sulfide) groups is 1. The summed E-state index contributed by atoms with van der Waals surface area (Å²) in [6.45, 7) is -0.0979. The fourth-order valence-electron chi connectivity index (χ4n) is 1.77. The molecule has 1 N–H and O–H groups in total. The summed E-state index contributed by atoms with van der Waals surface area (Å²) in [7, 11) is 1.54. The SMILES string of the molecule is CSc1ccc(C(=O)N(C)CC(=O)Nc2ccccc2Cl)o1. The van der Waals surface area contributed by atoms with Crippen molar-refractivity contribution < 1.29 is 14.0 Å². The second-order valence-electron chi connectivity index (χ2n) is 4.51. The number of halogens is 1. The second-order valence-corrected chi connectivity index (χ2v) is 5.73. The van der Waals surface area contributed by atoms with Gasteiger partial charge in [-0.2, -0.15) is 0 Å². The molecule has 1 aromatic carbocycles. The van der Waals surface area contributed by atoms with Crippen molar-refractivity contribution >= 4 is 40.9 Å². The molecule has 0 unspecified atom stereocenters. The first kappa shape index (κ1) is 16.5. The maximum absolute atomic E-state index is 12.1. The first-order valence-electron chi connectivity index (χ1n) is 6.45. The molecule has 22 heavy (non-hydrogen) atoms. The first-order chi connectivity index (χ1) is 10.5. The van der Waals surface area contributed by atoms with Crippen LogP contribution < -0.4 is 5.32 Å². The van der Waals surface area contributed by atoms with Crippen molar-refractivity contribution in [3.05, 3.63) is 47.2 Å². The normalized spacial score (nSPS) is 10.3. The fraction of sp³-hybridized carbons (Fsp3) is 0.200. The van der Waals surface area contributed by atoms with Crippen LogP contribution in [0.5, 0.6) is 0 Å². The van der Waals surface area contributed by atoms with Crippen LogP contribution in [0.4, 0.5) is 5.69 Å². The highest BCUT2D eigenvalue weighted by Gasteiger charge is 2.18. The van der Waals surface area contributed by atoms with E-state index < -0.39 is 0 Å². The molecule has 1 aromatic heterocycles. The van der Waals surface area contributed by atoms with E-state index in [9.17, 15) is 9.59 Å². The Morgan fingerprint density at radius 2 is 2.00 bits per heavy atom. The number of para-hydroxylation sites is 1. The van der Waals surface area contributed by atoms with Gasteiger partial charge in [-0.25, -0.2) is 0 Å². The predicted octanol–water partition coefficient (Wildman–Crippen LogP) is 3.37. The molecule has 2 aromatic rings. The van der Waals surface area contributed by atoms with E-state index in [1.165, 1.54) is 23.7 Å². The molecule has 0 fully saturated rings. The van der Waals surface area contributed by atoms with E-state index in [-0.39, 0.29) is 24.1 Å². The minimum absolute atomic E-state index is 0.0979. The molecule has 0 atom stereocenters. The molecule has 5 nitrogen and oxygen atoms in total. The van der Waals surface area contributed by atoms with Crippen molar-refractivity contribution in [3.63, 3.8) is 0 Å². The minimum Gasteiger partial charge on any atom is -0.445 e. The Bertz CT molecular complexity index is 687. The quantitative estimate of drug-likeness (QED) is 0.849. The Hall–Kier alpha value is -1.92. The number of nitrogens with one attached hydrogen (secondary N) is 1. The zero-order valence-electron chi connectivity index (χ0n) is 12.1. The summed E-state index contributed by atoms with van der Waals surface area (Å²) >= 11 is 7.37. The number of furan rings is 1. The average molecular weight is 339 g/mol. The lowest BCUT2D eigenvalue weighted by atomic mass is 10.3. The van der Waals surface area contributed by atoms with Crippen molar-refractivity contribution in [2.75, 3.05) is 25.2 Å². The zero-order chi connectivity index (χ0) is 16.1. The number of hydrogen-bond donors (Lipinski definition) is 1. The Labute approximate surface area is 137 Å². The van der Waals surface area contributed by atoms with Gasteiger partial charge in [0, 0.05) is 7.05 Å². The van der Waals surface area contributed by atoms with E-state index in [2.05, 4.69) is 5.32 Å². The highest BCUT2D eigenvalue weighted by atomic mass is 35.5. The molecule has 7 heteroatoms. The molecule has 0 aliphatic carbocycles. The first-order valence-corrected chi connectivity index (χ1v) is 8.05. The topological polar surface area (TPSA) is 62.6 Å². The summed E-state index contributed by atoms with van der Waals surface area (Å²) in [5.41, 5.74) is 0.512. The highest BCUT2D eigenvalue weighted by molar-refractivity contribution is 7.98. The number of rotatable bonds is 5. The summed E-state index contributed by atoms with van der Waals surface area (Å²) in [4.78, 5) is 25.4. The van der Waals surface area contributed by atoms with Crippen LogP contribution in [0.2, 0.25) is 5.02 Å². The van der Waals surface area contributed by atoms with E-state index >= 15 is 0 Å². The van der Waals surface area contributed by atoms with E-state index in [1.54, 1.807) is 36.4 Å². The van der Waals surface area contributed by atoms with Crippen LogP contribution in [-0.4, -0.2) is 36.6 Å². The predicted molar refractivity (Wildman–Crippen MR) is 87.5 cm³/mol. The largest absolute Gasteiger partial charge is 0.445 e. The van der Waals surface area contributed by atoms with Gasteiger partial charge in [-0.3, -0.25) is 9.59 Å². The van der Waals surface area contributed by atoms with Crippen molar-refractivity contribution in [3.8, 4) is 0 Å². The average Bonchev–Trinajstić information content (AvgIpc) is 2.97. The van der Waals surface area contributed by atoms with Gasteiger partial charge in [0.15, 0.2) is 10.9 Å². The van der Waals surface area contributed by atoms with Crippen molar-refractivity contribution in [1.82, 2.24) is 4.90 Å². The standard InChI is InChI=1S/C15H15ClN2O3S/c1-18(15(20)12-7-8-14(21-12)22-2)9-13(19)17-11-6-4-3-5-10(11)16/h3-8H,9H2,1-2H3,(H,17,19). The summed E-state index contributed by atoms with van der Waals surface area (Å²) in [5.74, 6) is -0.479. The van der Waals surface area contributed by atoms with E-state index in [4.69, 9.17) is 16.0 Å². The molecule has 0 aliphatic rings. The van der Waals surface area contributed by atoms with Gasteiger partial charge in [-0.15, -0.1) is 0 Å². The van der Waals surface area contributed by atoms with E-state index in [0.717, 1.165) is 0 Å². The smallest absolute Gasteiger partial charge is 0.289 e. The number of carbonyl (C=O) groups excluding carboxylic acids is 2. The molecule has 1 heterocycles. The maximum atomic E-state index is 12.1. The van der Waals surface area contributed by atoms with Crippen LogP contribution in [0, 0.1) is 0 Å². The zero-order valence-corrected chi connectivity index (χ0v) is 13.7. The Balaban J connectivity index is 1.96. The summed E-state index contributed by atoms with van der Waals surface area (Å²) in [6, 6.07) is 10.2. The monoisotopic (exact) mass is 338 g/mol. The number of carbonyl (C=O) groups is 2. The molecule has 0 saturated carbocycles. The molecule has 2 amide bonds.